The summed E-state index contributed by atoms with van der Waals surface area (Å²) in [5.74, 6) is -2.62. The number of benzene rings is 4. The Hall–Kier alpha value is -6.08. The molecule has 19 heteroatoms. The summed E-state index contributed by atoms with van der Waals surface area (Å²) in [5.41, 5.74) is 8.60. The van der Waals surface area contributed by atoms with Crippen molar-refractivity contribution < 1.29 is 42.1 Å². The Kier molecular flexibility index (Phi) is 12.6. The lowest BCUT2D eigenvalue weighted by Crippen LogP contribution is -2.43. The number of pyridine rings is 1. The highest BCUT2D eigenvalue weighted by Gasteiger charge is 2.31. The fourth-order valence-corrected chi connectivity index (χ4v) is 7.11. The summed E-state index contributed by atoms with van der Waals surface area (Å²) in [7, 11) is 0. The maximum atomic E-state index is 14.5. The second-order valence-corrected chi connectivity index (χ2v) is 14.1. The van der Waals surface area contributed by atoms with Crippen LogP contribution in [0.4, 0.5) is 34.1 Å². The first-order valence-electron chi connectivity index (χ1n) is 17.5. The molecule has 4 aromatic carbocycles. The van der Waals surface area contributed by atoms with Crippen molar-refractivity contribution in [1.29, 1.82) is 0 Å². The third kappa shape index (κ3) is 9.71. The number of aliphatic imine (C=N–C) groups is 1. The third-order valence-electron chi connectivity index (χ3n) is 8.82. The molecule has 1 saturated heterocycles. The number of halogens is 5. The lowest BCUT2D eigenvalue weighted by Gasteiger charge is -2.30. The van der Waals surface area contributed by atoms with Crippen LogP contribution in [-0.4, -0.2) is 76.1 Å². The van der Waals surface area contributed by atoms with Gasteiger partial charge in [0.1, 0.15) is 17.1 Å². The zero-order valence-electron chi connectivity index (χ0n) is 30.4. The molecule has 302 valence electrons. The minimum atomic E-state index is -4.68. The maximum Gasteiger partial charge on any atom is 0.573 e. The van der Waals surface area contributed by atoms with Crippen LogP contribution in [0.25, 0.3) is 21.1 Å². The number of nitrogens with zero attached hydrogens (tertiary/aromatic N) is 4. The number of thiazole rings is 1. The van der Waals surface area contributed by atoms with E-state index in [0.717, 1.165) is 36.1 Å². The number of nitrogens with two attached hydrogens (primary N) is 1. The van der Waals surface area contributed by atoms with Crippen molar-refractivity contribution in [3.05, 3.63) is 123 Å². The van der Waals surface area contributed by atoms with E-state index in [1.165, 1.54) is 24.4 Å². The van der Waals surface area contributed by atoms with E-state index in [0.29, 0.717) is 68.2 Å². The Morgan fingerprint density at radius 2 is 1.78 bits per heavy atom. The molecule has 1 fully saturated rings. The highest BCUT2D eigenvalue weighted by Crippen LogP contribution is 2.31. The van der Waals surface area contributed by atoms with Crippen LogP contribution in [0.2, 0.25) is 5.02 Å². The number of hydrogen-bond acceptors (Lipinski definition) is 11. The normalized spacial score (nSPS) is 15.2. The summed E-state index contributed by atoms with van der Waals surface area (Å²) >= 11 is 7.14. The number of carbonyl (C=O) groups is 2. The second-order valence-electron chi connectivity index (χ2n) is 12.6. The maximum absolute atomic E-state index is 14.5. The molecule has 0 radical (unpaired) electrons. The van der Waals surface area contributed by atoms with Crippen molar-refractivity contribution in [3.63, 3.8) is 0 Å². The summed E-state index contributed by atoms with van der Waals surface area (Å²) in [6.07, 6.45) is -4.78. The molecule has 0 saturated carbocycles. The minimum Gasteiger partial charge on any atom is -0.477 e. The standard InChI is InChI=1S/C16H18FN3O3.C15H11ClN2O2.C8H5F3N2OS/c1-2-19-9-11(16(22)23)15(21)10-7-12(17)14(8-13(10)19)20-5-3-18-4-6-20;16-10-6-7-12-11(8-10)13(9-4-2-1-3-5-9)18-15(20)14(19)17-12;9-8(10,11)14-4-1-2-5-6(3-4)15-7(12)13-5/h7-9,18H,2-6H2,1H3,(H,22,23);1-8,15,20H,(H,17,19);1-3H,(H2,12,13). The number of aryl methyl sites for hydroxylation is 1. The van der Waals surface area contributed by atoms with E-state index in [9.17, 15) is 37.1 Å². The van der Waals surface area contributed by atoms with Gasteiger partial charge in [-0.05, 0) is 49.4 Å². The zero-order chi connectivity index (χ0) is 41.7. The van der Waals surface area contributed by atoms with Gasteiger partial charge < -0.3 is 40.8 Å². The molecule has 2 aromatic heterocycles. The number of carboxylic acid groups (broad SMARTS) is 1. The fourth-order valence-electron chi connectivity index (χ4n) is 6.18. The molecule has 1 unspecified atom stereocenters. The van der Waals surface area contributed by atoms with Crippen LogP contribution in [-0.2, 0) is 11.3 Å². The number of fused-ring (bicyclic) bond motifs is 3. The molecule has 2 aliphatic heterocycles. The van der Waals surface area contributed by atoms with Gasteiger partial charge in [0.2, 0.25) is 11.7 Å². The predicted molar refractivity (Wildman–Crippen MR) is 215 cm³/mol. The van der Waals surface area contributed by atoms with E-state index in [4.69, 9.17) is 22.4 Å². The van der Waals surface area contributed by atoms with Gasteiger partial charge in [-0.15, -0.1) is 13.2 Å². The molecule has 2 aliphatic rings. The van der Waals surface area contributed by atoms with Gasteiger partial charge in [0.15, 0.2) is 5.13 Å². The Balaban J connectivity index is 0.000000150. The van der Waals surface area contributed by atoms with Gasteiger partial charge in [-0.25, -0.2) is 19.2 Å². The van der Waals surface area contributed by atoms with Crippen molar-refractivity contribution in [1.82, 2.24) is 14.9 Å². The second kappa shape index (κ2) is 17.6. The molecule has 1 atom stereocenters. The first-order chi connectivity index (χ1) is 27.6. The molecule has 4 heterocycles. The average Bonchev–Trinajstić information content (AvgIpc) is 3.51. The van der Waals surface area contributed by atoms with Gasteiger partial charge in [0.05, 0.1) is 32.8 Å². The number of alkyl halides is 3. The summed E-state index contributed by atoms with van der Waals surface area (Å²) < 4.78 is 56.2. The SMILES string of the molecule is CCn1cc(C(=O)O)c(=O)c2cc(F)c(N3CCNCC3)cc21.Nc1nc2ccc(OC(F)(F)F)cc2s1.O=C1Nc2ccc(Cl)cc2C(c2ccccc2)=NC1O. The van der Waals surface area contributed by atoms with Crippen molar-refractivity contribution in [2.75, 3.05) is 42.1 Å². The summed E-state index contributed by atoms with van der Waals surface area (Å²) in [5, 5.41) is 25.7. The number of aliphatic hydroxyl groups is 1. The predicted octanol–water partition coefficient (Wildman–Crippen LogP) is 6.49. The third-order valence-corrected chi connectivity index (χ3v) is 9.90. The Morgan fingerprint density at radius 3 is 2.45 bits per heavy atom. The Bertz CT molecular complexity index is 2580. The molecular formula is C39H34ClF4N7O6S. The van der Waals surface area contributed by atoms with Crippen molar-refractivity contribution >= 4 is 78.2 Å². The number of carbonyl (C=O) groups excluding carboxylic acids is 1. The van der Waals surface area contributed by atoms with E-state index >= 15 is 0 Å². The molecule has 6 aromatic rings. The number of aliphatic hydroxyl groups excluding tert-OH is 1. The first kappa shape index (κ1) is 41.6. The van der Waals surface area contributed by atoms with Gasteiger partial charge in [-0.2, -0.15) is 0 Å². The largest absolute Gasteiger partial charge is 0.573 e. The molecular weight excluding hydrogens is 806 g/mol. The van der Waals surface area contributed by atoms with Crippen molar-refractivity contribution in [2.24, 2.45) is 4.99 Å². The summed E-state index contributed by atoms with van der Waals surface area (Å²) in [4.78, 5) is 45.2. The van der Waals surface area contributed by atoms with Crippen LogP contribution in [0.15, 0.2) is 94.8 Å². The number of hydrogen-bond donors (Lipinski definition) is 5. The number of ether oxygens (including phenoxy) is 1. The van der Waals surface area contributed by atoms with Gasteiger partial charge in [-0.1, -0.05) is 53.3 Å². The molecule has 0 aliphatic carbocycles. The van der Waals surface area contributed by atoms with E-state index in [2.05, 4.69) is 25.3 Å². The highest BCUT2D eigenvalue weighted by molar-refractivity contribution is 7.22. The number of aromatic nitrogens is 2. The molecule has 0 spiro atoms. The first-order valence-corrected chi connectivity index (χ1v) is 18.7. The van der Waals surface area contributed by atoms with Crippen LogP contribution in [0.3, 0.4) is 0 Å². The van der Waals surface area contributed by atoms with Gasteiger partial charge in [0, 0.05) is 66.5 Å². The van der Waals surface area contributed by atoms with Crippen molar-refractivity contribution in [2.45, 2.75) is 26.1 Å². The van der Waals surface area contributed by atoms with Crippen LogP contribution in [0.5, 0.6) is 5.75 Å². The van der Waals surface area contributed by atoms with E-state index in [-0.39, 0.29) is 16.7 Å². The lowest BCUT2D eigenvalue weighted by atomic mass is 10.0. The monoisotopic (exact) mass is 839 g/mol. The lowest BCUT2D eigenvalue weighted by molar-refractivity contribution is -0.274. The number of rotatable bonds is 5. The summed E-state index contributed by atoms with van der Waals surface area (Å²) in [6, 6.07) is 21.2. The molecule has 1 amide bonds. The number of amides is 1. The van der Waals surface area contributed by atoms with E-state index in [1.807, 2.05) is 42.2 Å². The smallest absolute Gasteiger partial charge is 0.477 e. The number of carboxylic acids is 1. The quantitative estimate of drug-likeness (QED) is 0.120. The molecule has 0 bridgehead atoms. The molecule has 6 N–H and O–H groups in total. The topological polar surface area (TPSA) is 184 Å². The van der Waals surface area contributed by atoms with E-state index < -0.39 is 35.7 Å². The van der Waals surface area contributed by atoms with Gasteiger partial charge in [0.25, 0.3) is 5.91 Å². The van der Waals surface area contributed by atoms with Crippen LogP contribution in [0, 0.1) is 5.82 Å². The van der Waals surface area contributed by atoms with Crippen LogP contribution < -0.4 is 31.4 Å². The Labute approximate surface area is 336 Å². The molecule has 58 heavy (non-hydrogen) atoms. The number of benzodiazepines with no additional fused rings is 1. The fraction of sp³-hybridized carbons (Fsp3) is 0.205. The van der Waals surface area contributed by atoms with Gasteiger partial charge >= 0.3 is 12.3 Å². The zero-order valence-corrected chi connectivity index (χ0v) is 32.0. The molecule has 13 nitrogen and oxygen atoms in total. The summed E-state index contributed by atoms with van der Waals surface area (Å²) in [6.45, 7) is 5.26. The average molecular weight is 840 g/mol. The Morgan fingerprint density at radius 1 is 1.05 bits per heavy atom. The number of nitrogen functional groups attached to an aromatic ring is 1. The number of aromatic carboxylic acids is 1. The minimum absolute atomic E-state index is 0.100. The number of anilines is 3. The van der Waals surface area contributed by atoms with Crippen LogP contribution >= 0.6 is 22.9 Å². The van der Waals surface area contributed by atoms with Crippen molar-refractivity contribution in [3.8, 4) is 5.75 Å². The number of piperazine rings is 1. The van der Waals surface area contributed by atoms with Gasteiger partial charge in [-0.3, -0.25) is 9.59 Å². The van der Waals surface area contributed by atoms with Crippen LogP contribution in [0.1, 0.15) is 28.4 Å². The number of nitrogens with one attached hydrogen (secondary N) is 2. The van der Waals surface area contributed by atoms with E-state index in [1.54, 1.807) is 28.8 Å². The molecule has 8 rings (SSSR count). The highest BCUT2D eigenvalue weighted by atomic mass is 35.5.